The Hall–Kier alpha value is -1.23. The molecule has 0 atom stereocenters. The van der Waals surface area contributed by atoms with E-state index in [0.717, 1.165) is 28.2 Å². The lowest BCUT2D eigenvalue weighted by Gasteiger charge is -2.27. The number of hydrogen-bond acceptors (Lipinski definition) is 3. The number of amidine groups is 1. The Morgan fingerprint density at radius 1 is 1.37 bits per heavy atom. The number of halogens is 1. The molecule has 2 aliphatic carbocycles. The van der Waals surface area contributed by atoms with Gasteiger partial charge in [-0.05, 0) is 49.8 Å². The average molecular weight is 324 g/mol. The van der Waals surface area contributed by atoms with Crippen molar-refractivity contribution in [1.82, 2.24) is 0 Å². The minimum atomic E-state index is 0.178. The molecule has 0 aliphatic heterocycles. The summed E-state index contributed by atoms with van der Waals surface area (Å²) in [7, 11) is 0. The largest absolute Gasteiger partial charge is 0.409 e. The molecule has 2 aliphatic rings. The van der Waals surface area contributed by atoms with Gasteiger partial charge in [-0.25, -0.2) is 0 Å². The van der Waals surface area contributed by atoms with Crippen LogP contribution in [0.3, 0.4) is 0 Å². The SMILES string of the molecule is N/C(=N/O)c1cc(Br)ccc1N(CC1CC1)C1CC1. The van der Waals surface area contributed by atoms with E-state index in [1.807, 2.05) is 12.1 Å². The smallest absolute Gasteiger partial charge is 0.172 e. The molecule has 3 rings (SSSR count). The Kier molecular flexibility index (Phi) is 3.39. The van der Waals surface area contributed by atoms with Crippen LogP contribution >= 0.6 is 15.9 Å². The molecule has 5 heteroatoms. The predicted octanol–water partition coefficient (Wildman–Crippen LogP) is 2.92. The van der Waals surface area contributed by atoms with Crippen molar-refractivity contribution in [2.24, 2.45) is 16.8 Å². The third-order valence-electron chi connectivity index (χ3n) is 3.79. The second-order valence-electron chi connectivity index (χ2n) is 5.47. The fourth-order valence-electron chi connectivity index (χ4n) is 2.43. The fraction of sp³-hybridized carbons (Fsp3) is 0.500. The van der Waals surface area contributed by atoms with Gasteiger partial charge in [-0.3, -0.25) is 0 Å². The molecule has 0 bridgehead atoms. The van der Waals surface area contributed by atoms with E-state index in [2.05, 4.69) is 32.1 Å². The van der Waals surface area contributed by atoms with Gasteiger partial charge < -0.3 is 15.8 Å². The van der Waals surface area contributed by atoms with Crippen molar-refractivity contribution in [1.29, 1.82) is 0 Å². The summed E-state index contributed by atoms with van der Waals surface area (Å²) in [5.74, 6) is 1.00. The monoisotopic (exact) mass is 323 g/mol. The molecule has 102 valence electrons. The van der Waals surface area contributed by atoms with E-state index in [-0.39, 0.29) is 5.84 Å². The second kappa shape index (κ2) is 5.04. The van der Waals surface area contributed by atoms with Gasteiger partial charge in [-0.2, -0.15) is 0 Å². The van der Waals surface area contributed by atoms with Crippen LogP contribution < -0.4 is 10.6 Å². The maximum absolute atomic E-state index is 8.96. The van der Waals surface area contributed by atoms with E-state index in [4.69, 9.17) is 10.9 Å². The Labute approximate surface area is 121 Å². The maximum Gasteiger partial charge on any atom is 0.172 e. The highest BCUT2D eigenvalue weighted by atomic mass is 79.9. The average Bonchev–Trinajstić information content (AvgIpc) is 3.27. The van der Waals surface area contributed by atoms with Crippen molar-refractivity contribution < 1.29 is 5.21 Å². The van der Waals surface area contributed by atoms with E-state index < -0.39 is 0 Å². The Morgan fingerprint density at radius 3 is 2.68 bits per heavy atom. The molecule has 0 saturated heterocycles. The summed E-state index contributed by atoms with van der Waals surface area (Å²) in [6.45, 7) is 1.10. The van der Waals surface area contributed by atoms with Crippen LogP contribution in [0.5, 0.6) is 0 Å². The van der Waals surface area contributed by atoms with Crippen LogP contribution in [0, 0.1) is 5.92 Å². The highest BCUT2D eigenvalue weighted by molar-refractivity contribution is 9.10. The fourth-order valence-corrected chi connectivity index (χ4v) is 2.79. The minimum absolute atomic E-state index is 0.178. The molecule has 1 aromatic carbocycles. The lowest BCUT2D eigenvalue weighted by Crippen LogP contribution is -2.30. The van der Waals surface area contributed by atoms with E-state index in [1.165, 1.54) is 25.7 Å². The van der Waals surface area contributed by atoms with Crippen molar-refractivity contribution in [3.8, 4) is 0 Å². The number of rotatable bonds is 5. The third kappa shape index (κ3) is 2.86. The number of nitrogens with zero attached hydrogens (tertiary/aromatic N) is 2. The van der Waals surface area contributed by atoms with Gasteiger partial charge in [0.15, 0.2) is 5.84 Å². The summed E-state index contributed by atoms with van der Waals surface area (Å²) in [6, 6.07) is 6.64. The van der Waals surface area contributed by atoms with Crippen molar-refractivity contribution in [2.75, 3.05) is 11.4 Å². The van der Waals surface area contributed by atoms with Gasteiger partial charge in [-0.1, -0.05) is 21.1 Å². The molecule has 1 aromatic rings. The van der Waals surface area contributed by atoms with Crippen LogP contribution in [-0.2, 0) is 0 Å². The summed E-state index contributed by atoms with van der Waals surface area (Å²) >= 11 is 3.45. The number of nitrogens with two attached hydrogens (primary N) is 1. The highest BCUT2D eigenvalue weighted by Crippen LogP contribution is 2.39. The van der Waals surface area contributed by atoms with Gasteiger partial charge in [0.2, 0.25) is 0 Å². The summed E-state index contributed by atoms with van der Waals surface area (Å²) < 4.78 is 0.944. The quantitative estimate of drug-likeness (QED) is 0.379. The van der Waals surface area contributed by atoms with Crippen molar-refractivity contribution >= 4 is 27.5 Å². The molecule has 0 heterocycles. The number of anilines is 1. The van der Waals surface area contributed by atoms with Crippen LogP contribution in [0.1, 0.15) is 31.2 Å². The first-order valence-electron chi connectivity index (χ1n) is 6.73. The molecule has 0 radical (unpaired) electrons. The number of benzene rings is 1. The lowest BCUT2D eigenvalue weighted by molar-refractivity contribution is 0.318. The Morgan fingerprint density at radius 2 is 2.11 bits per heavy atom. The van der Waals surface area contributed by atoms with Crippen LogP contribution in [0.4, 0.5) is 5.69 Å². The van der Waals surface area contributed by atoms with Gasteiger partial charge in [0.05, 0.1) is 0 Å². The van der Waals surface area contributed by atoms with E-state index in [0.29, 0.717) is 6.04 Å². The summed E-state index contributed by atoms with van der Waals surface area (Å²) in [5, 5.41) is 12.1. The predicted molar refractivity (Wildman–Crippen MR) is 79.7 cm³/mol. The molecule has 0 unspecified atom stereocenters. The zero-order valence-corrected chi connectivity index (χ0v) is 12.3. The zero-order valence-electron chi connectivity index (χ0n) is 10.7. The van der Waals surface area contributed by atoms with Crippen molar-refractivity contribution in [3.05, 3.63) is 28.2 Å². The first-order chi connectivity index (χ1) is 9.19. The third-order valence-corrected chi connectivity index (χ3v) is 4.28. The Balaban J connectivity index is 1.96. The highest BCUT2D eigenvalue weighted by Gasteiger charge is 2.35. The molecular formula is C14H18BrN3O. The van der Waals surface area contributed by atoms with Crippen LogP contribution in [0.15, 0.2) is 27.8 Å². The second-order valence-corrected chi connectivity index (χ2v) is 6.39. The van der Waals surface area contributed by atoms with Gasteiger partial charge in [0.25, 0.3) is 0 Å². The van der Waals surface area contributed by atoms with E-state index in [1.54, 1.807) is 0 Å². The molecule has 0 spiro atoms. The molecule has 0 aromatic heterocycles. The first-order valence-corrected chi connectivity index (χ1v) is 7.52. The molecule has 4 nitrogen and oxygen atoms in total. The van der Waals surface area contributed by atoms with Gasteiger partial charge in [0.1, 0.15) is 0 Å². The molecular weight excluding hydrogens is 306 g/mol. The molecule has 19 heavy (non-hydrogen) atoms. The zero-order chi connectivity index (χ0) is 13.4. The van der Waals surface area contributed by atoms with Crippen LogP contribution in [0.2, 0.25) is 0 Å². The standard InChI is InChI=1S/C14H18BrN3O/c15-10-3-6-13(12(7-10)14(16)17-19)18(11-4-5-11)8-9-1-2-9/h3,6-7,9,11,19H,1-2,4-5,8H2,(H2,16,17). The van der Waals surface area contributed by atoms with Crippen molar-refractivity contribution in [3.63, 3.8) is 0 Å². The molecule has 0 amide bonds. The topological polar surface area (TPSA) is 61.9 Å². The first kappa shape index (κ1) is 12.8. The Bertz CT molecular complexity index is 509. The maximum atomic E-state index is 8.96. The molecule has 2 saturated carbocycles. The van der Waals surface area contributed by atoms with E-state index in [9.17, 15) is 0 Å². The number of oxime groups is 1. The van der Waals surface area contributed by atoms with Crippen LogP contribution in [-0.4, -0.2) is 23.6 Å². The van der Waals surface area contributed by atoms with Gasteiger partial charge >= 0.3 is 0 Å². The minimum Gasteiger partial charge on any atom is -0.409 e. The summed E-state index contributed by atoms with van der Waals surface area (Å²) in [5.41, 5.74) is 7.72. The van der Waals surface area contributed by atoms with Gasteiger partial charge in [-0.15, -0.1) is 0 Å². The van der Waals surface area contributed by atoms with Gasteiger partial charge in [0, 0.05) is 28.3 Å². The molecule has 3 N–H and O–H groups in total. The van der Waals surface area contributed by atoms with Crippen LogP contribution in [0.25, 0.3) is 0 Å². The summed E-state index contributed by atoms with van der Waals surface area (Å²) in [4.78, 5) is 2.44. The summed E-state index contributed by atoms with van der Waals surface area (Å²) in [6.07, 6.45) is 5.16. The lowest BCUT2D eigenvalue weighted by atomic mass is 10.1. The number of hydrogen-bond donors (Lipinski definition) is 2. The molecule has 2 fully saturated rings. The van der Waals surface area contributed by atoms with E-state index >= 15 is 0 Å². The van der Waals surface area contributed by atoms with Crippen molar-refractivity contribution in [2.45, 2.75) is 31.7 Å². The normalized spacial score (nSPS) is 19.5.